The van der Waals surface area contributed by atoms with Gasteiger partial charge in [-0.2, -0.15) is 0 Å². The minimum Gasteiger partial charge on any atom is -0.352 e. The summed E-state index contributed by atoms with van der Waals surface area (Å²) in [5.74, 6) is 0.542. The van der Waals surface area contributed by atoms with Gasteiger partial charge < -0.3 is 14.8 Å². The minimum atomic E-state index is -0.385. The van der Waals surface area contributed by atoms with Crippen molar-refractivity contribution in [2.75, 3.05) is 11.4 Å². The first-order chi connectivity index (χ1) is 16.7. The van der Waals surface area contributed by atoms with Crippen molar-refractivity contribution in [3.05, 3.63) is 129 Å². The van der Waals surface area contributed by atoms with E-state index in [1.54, 1.807) is 29.1 Å². The Balaban J connectivity index is 1.21. The van der Waals surface area contributed by atoms with E-state index in [2.05, 4.69) is 39.5 Å². The zero-order chi connectivity index (χ0) is 23.3. The van der Waals surface area contributed by atoms with Gasteiger partial charge in [0.15, 0.2) is 0 Å². The number of fused-ring (bicyclic) bond motifs is 1. The van der Waals surface area contributed by atoms with E-state index < -0.39 is 0 Å². The van der Waals surface area contributed by atoms with Gasteiger partial charge in [0.25, 0.3) is 11.5 Å². The molecule has 1 aliphatic rings. The molecule has 1 N–H and O–H groups in total. The smallest absolute Gasteiger partial charge is 0.263 e. The third kappa shape index (κ3) is 4.76. The van der Waals surface area contributed by atoms with E-state index in [0.29, 0.717) is 13.1 Å². The summed E-state index contributed by atoms with van der Waals surface area (Å²) in [7, 11) is 0. The predicted octanol–water partition coefficient (Wildman–Crippen LogP) is 3.78. The van der Waals surface area contributed by atoms with Crippen molar-refractivity contribution in [2.24, 2.45) is 0 Å². The second-order valence-electron chi connectivity index (χ2n) is 8.49. The maximum atomic E-state index is 12.8. The summed E-state index contributed by atoms with van der Waals surface area (Å²) >= 11 is 0. The highest BCUT2D eigenvalue weighted by Crippen LogP contribution is 2.23. The van der Waals surface area contributed by atoms with Gasteiger partial charge in [-0.15, -0.1) is 0 Å². The SMILES string of the molecule is O=C(NCc1ccc(N2CCc3ccccc3C2)nc1)c1cccn(Cc2ccccc2)c1=O. The molecule has 4 aromatic rings. The van der Waals surface area contributed by atoms with E-state index in [9.17, 15) is 9.59 Å². The van der Waals surface area contributed by atoms with Crippen LogP contribution in [0.5, 0.6) is 0 Å². The lowest BCUT2D eigenvalue weighted by molar-refractivity contribution is 0.0948. The molecule has 1 aliphatic heterocycles. The third-order valence-electron chi connectivity index (χ3n) is 6.18. The van der Waals surface area contributed by atoms with Crippen molar-refractivity contribution < 1.29 is 4.79 Å². The van der Waals surface area contributed by atoms with E-state index in [0.717, 1.165) is 36.5 Å². The molecule has 0 fully saturated rings. The fourth-order valence-corrected chi connectivity index (χ4v) is 4.29. The molecule has 2 aromatic heterocycles. The summed E-state index contributed by atoms with van der Waals surface area (Å²) in [6.07, 6.45) is 4.50. The molecule has 0 aliphatic carbocycles. The predicted molar refractivity (Wildman–Crippen MR) is 133 cm³/mol. The van der Waals surface area contributed by atoms with Gasteiger partial charge >= 0.3 is 0 Å². The molecule has 0 radical (unpaired) electrons. The van der Waals surface area contributed by atoms with Crippen molar-refractivity contribution in [3.63, 3.8) is 0 Å². The number of hydrogen-bond acceptors (Lipinski definition) is 4. The number of aromatic nitrogens is 2. The van der Waals surface area contributed by atoms with Crippen molar-refractivity contribution >= 4 is 11.7 Å². The van der Waals surface area contributed by atoms with Crippen LogP contribution in [0.3, 0.4) is 0 Å². The molecule has 0 unspecified atom stereocenters. The summed E-state index contributed by atoms with van der Waals surface area (Å²) in [6, 6.07) is 25.5. The van der Waals surface area contributed by atoms with Crippen LogP contribution in [0.1, 0.15) is 32.6 Å². The van der Waals surface area contributed by atoms with Gasteiger partial charge in [0.2, 0.25) is 0 Å². The molecule has 2 aromatic carbocycles. The van der Waals surface area contributed by atoms with Crippen LogP contribution in [0.2, 0.25) is 0 Å². The topological polar surface area (TPSA) is 67.2 Å². The van der Waals surface area contributed by atoms with Gasteiger partial charge in [0.1, 0.15) is 11.4 Å². The fourth-order valence-electron chi connectivity index (χ4n) is 4.29. The van der Waals surface area contributed by atoms with Crippen LogP contribution in [-0.2, 0) is 26.1 Å². The maximum absolute atomic E-state index is 12.8. The molecule has 6 nitrogen and oxygen atoms in total. The van der Waals surface area contributed by atoms with E-state index >= 15 is 0 Å². The first-order valence-corrected chi connectivity index (χ1v) is 11.5. The molecule has 3 heterocycles. The van der Waals surface area contributed by atoms with Crippen molar-refractivity contribution in [1.82, 2.24) is 14.9 Å². The first kappa shape index (κ1) is 21.6. The van der Waals surface area contributed by atoms with Gasteiger partial charge in [0.05, 0.1) is 6.54 Å². The highest BCUT2D eigenvalue weighted by molar-refractivity contribution is 5.93. The van der Waals surface area contributed by atoms with Gasteiger partial charge in [-0.05, 0) is 46.9 Å². The van der Waals surface area contributed by atoms with E-state index in [1.165, 1.54) is 11.1 Å². The first-order valence-electron chi connectivity index (χ1n) is 11.5. The molecular formula is C28H26N4O2. The molecule has 6 heteroatoms. The van der Waals surface area contributed by atoms with Crippen LogP contribution in [0.4, 0.5) is 5.82 Å². The van der Waals surface area contributed by atoms with Crippen molar-refractivity contribution in [1.29, 1.82) is 0 Å². The summed E-state index contributed by atoms with van der Waals surface area (Å²) in [4.78, 5) is 32.4. The average molecular weight is 451 g/mol. The summed E-state index contributed by atoms with van der Waals surface area (Å²) in [6.45, 7) is 2.51. The molecule has 0 atom stereocenters. The number of amides is 1. The molecular weight excluding hydrogens is 424 g/mol. The van der Waals surface area contributed by atoms with Crippen LogP contribution in [0.25, 0.3) is 0 Å². The van der Waals surface area contributed by atoms with Gasteiger partial charge in [-0.3, -0.25) is 9.59 Å². The van der Waals surface area contributed by atoms with Gasteiger partial charge in [0, 0.05) is 32.0 Å². The van der Waals surface area contributed by atoms with E-state index in [4.69, 9.17) is 0 Å². The van der Waals surface area contributed by atoms with Crippen LogP contribution in [-0.4, -0.2) is 22.0 Å². The molecule has 0 bridgehead atoms. The molecule has 170 valence electrons. The van der Waals surface area contributed by atoms with Crippen molar-refractivity contribution in [3.8, 4) is 0 Å². The molecule has 1 amide bonds. The van der Waals surface area contributed by atoms with Crippen LogP contribution >= 0.6 is 0 Å². The van der Waals surface area contributed by atoms with E-state index in [1.807, 2.05) is 42.5 Å². The van der Waals surface area contributed by atoms with Gasteiger partial charge in [-0.1, -0.05) is 60.7 Å². The van der Waals surface area contributed by atoms with Crippen LogP contribution < -0.4 is 15.8 Å². The molecule has 5 rings (SSSR count). The molecule has 0 spiro atoms. The third-order valence-corrected chi connectivity index (χ3v) is 6.18. The minimum absolute atomic E-state index is 0.134. The lowest BCUT2D eigenvalue weighted by Crippen LogP contribution is -2.33. The van der Waals surface area contributed by atoms with Crippen LogP contribution in [0, 0.1) is 0 Å². The number of carbonyl (C=O) groups excluding carboxylic acids is 1. The summed E-state index contributed by atoms with van der Waals surface area (Å²) in [5.41, 5.74) is 4.47. The van der Waals surface area contributed by atoms with Crippen molar-refractivity contribution in [2.45, 2.75) is 26.1 Å². The summed E-state index contributed by atoms with van der Waals surface area (Å²) < 4.78 is 1.55. The Morgan fingerprint density at radius 3 is 2.47 bits per heavy atom. The van der Waals surface area contributed by atoms with E-state index in [-0.39, 0.29) is 17.0 Å². The zero-order valence-corrected chi connectivity index (χ0v) is 18.9. The fraction of sp³-hybridized carbons (Fsp3) is 0.179. The van der Waals surface area contributed by atoms with Gasteiger partial charge in [-0.25, -0.2) is 4.98 Å². The Morgan fingerprint density at radius 1 is 0.882 bits per heavy atom. The zero-order valence-electron chi connectivity index (χ0n) is 18.9. The number of nitrogens with one attached hydrogen (secondary N) is 1. The van der Waals surface area contributed by atoms with Crippen LogP contribution in [0.15, 0.2) is 96.1 Å². The Bertz CT molecular complexity index is 1350. The number of rotatable bonds is 6. The Hall–Kier alpha value is -4.19. The quantitative estimate of drug-likeness (QED) is 0.486. The second kappa shape index (κ2) is 9.75. The Morgan fingerprint density at radius 2 is 1.68 bits per heavy atom. The lowest BCUT2D eigenvalue weighted by Gasteiger charge is -2.29. The highest BCUT2D eigenvalue weighted by atomic mass is 16.2. The number of anilines is 1. The maximum Gasteiger partial charge on any atom is 0.263 e. The standard InChI is InChI=1S/C28H26N4O2/c33-27(25-11-6-15-32(28(25)34)19-21-7-2-1-3-8-21)30-18-22-12-13-26(29-17-22)31-16-14-23-9-4-5-10-24(23)20-31/h1-13,15,17H,14,16,18-20H2,(H,30,33). The Kier molecular flexibility index (Phi) is 6.21. The molecule has 0 saturated heterocycles. The molecule has 34 heavy (non-hydrogen) atoms. The number of hydrogen-bond donors (Lipinski definition) is 1. The summed E-state index contributed by atoms with van der Waals surface area (Å²) in [5, 5.41) is 2.85. The Labute approximate surface area is 198 Å². The monoisotopic (exact) mass is 450 g/mol. The average Bonchev–Trinajstić information content (AvgIpc) is 2.89. The molecule has 0 saturated carbocycles. The number of benzene rings is 2. The highest BCUT2D eigenvalue weighted by Gasteiger charge is 2.17. The lowest BCUT2D eigenvalue weighted by atomic mass is 10.00. The number of nitrogens with zero attached hydrogens (tertiary/aromatic N) is 3. The normalized spacial score (nSPS) is 12.8. The number of pyridine rings is 2. The largest absolute Gasteiger partial charge is 0.352 e. The second-order valence-corrected chi connectivity index (χ2v) is 8.49. The number of carbonyl (C=O) groups is 1.